The normalized spacial score (nSPS) is 22.8. The summed E-state index contributed by atoms with van der Waals surface area (Å²) in [6, 6.07) is -0.160. The lowest BCUT2D eigenvalue weighted by Crippen LogP contribution is -2.42. The zero-order valence-corrected chi connectivity index (χ0v) is 9.10. The van der Waals surface area contributed by atoms with E-state index in [-0.39, 0.29) is 18.4 Å². The van der Waals surface area contributed by atoms with Crippen molar-refractivity contribution in [2.45, 2.75) is 38.3 Å². The monoisotopic (exact) mass is 215 g/mol. The third kappa shape index (κ3) is 2.92. The lowest BCUT2D eigenvalue weighted by atomic mass is 10.1. The van der Waals surface area contributed by atoms with Gasteiger partial charge in [0, 0.05) is 19.7 Å². The van der Waals surface area contributed by atoms with Gasteiger partial charge in [-0.2, -0.15) is 0 Å². The average molecular weight is 215 g/mol. The van der Waals surface area contributed by atoms with Crippen LogP contribution in [-0.2, 0) is 14.3 Å². The van der Waals surface area contributed by atoms with Gasteiger partial charge >= 0.3 is 5.97 Å². The summed E-state index contributed by atoms with van der Waals surface area (Å²) in [6.07, 6.45) is 1.19. The Labute approximate surface area is 89.0 Å². The molecular formula is C10H17NO4. The number of methoxy groups -OCH3 is 1. The van der Waals surface area contributed by atoms with Crippen molar-refractivity contribution in [2.24, 2.45) is 0 Å². The van der Waals surface area contributed by atoms with E-state index in [1.165, 1.54) is 7.11 Å². The van der Waals surface area contributed by atoms with Crippen LogP contribution in [0.25, 0.3) is 0 Å². The van der Waals surface area contributed by atoms with Crippen molar-refractivity contribution < 1.29 is 19.4 Å². The third-order valence-electron chi connectivity index (χ3n) is 2.77. The highest BCUT2D eigenvalue weighted by molar-refractivity contribution is 5.81. The Morgan fingerprint density at radius 3 is 2.80 bits per heavy atom. The number of rotatable bonds is 4. The number of ether oxygens (including phenoxy) is 1. The number of hydrogen-bond donors (Lipinski definition) is 1. The Bertz CT molecular complexity index is 254. The molecule has 15 heavy (non-hydrogen) atoms. The Morgan fingerprint density at radius 2 is 2.27 bits per heavy atom. The molecule has 0 saturated carbocycles. The molecule has 1 aliphatic heterocycles. The van der Waals surface area contributed by atoms with Crippen molar-refractivity contribution >= 4 is 11.9 Å². The van der Waals surface area contributed by atoms with Crippen LogP contribution in [0.3, 0.4) is 0 Å². The maximum atomic E-state index is 11.8. The standard InChI is InChI=1S/C10H17NO4/c1-7(15-2)10(14)11-5-3-4-8(11)6-9(12)13/h7-8H,3-6H2,1-2H3,(H,12,13). The summed E-state index contributed by atoms with van der Waals surface area (Å²) in [5, 5.41) is 8.70. The van der Waals surface area contributed by atoms with Crippen LogP contribution < -0.4 is 0 Å². The van der Waals surface area contributed by atoms with Crippen LogP contribution in [0.5, 0.6) is 0 Å². The summed E-state index contributed by atoms with van der Waals surface area (Å²) < 4.78 is 4.94. The lowest BCUT2D eigenvalue weighted by Gasteiger charge is -2.25. The van der Waals surface area contributed by atoms with E-state index in [1.54, 1.807) is 11.8 Å². The van der Waals surface area contributed by atoms with Gasteiger partial charge in [-0.1, -0.05) is 0 Å². The number of hydrogen-bond acceptors (Lipinski definition) is 3. The van der Waals surface area contributed by atoms with E-state index < -0.39 is 12.1 Å². The fourth-order valence-corrected chi connectivity index (χ4v) is 1.87. The Kier molecular flexibility index (Phi) is 4.08. The molecule has 2 atom stereocenters. The molecule has 0 bridgehead atoms. The van der Waals surface area contributed by atoms with Gasteiger partial charge in [-0.15, -0.1) is 0 Å². The van der Waals surface area contributed by atoms with Crippen molar-refractivity contribution in [3.63, 3.8) is 0 Å². The van der Waals surface area contributed by atoms with E-state index in [4.69, 9.17) is 9.84 Å². The molecule has 5 heteroatoms. The summed E-state index contributed by atoms with van der Waals surface area (Å²) in [5.74, 6) is -0.967. The summed E-state index contributed by atoms with van der Waals surface area (Å²) in [5.41, 5.74) is 0. The largest absolute Gasteiger partial charge is 0.481 e. The lowest BCUT2D eigenvalue weighted by molar-refractivity contribution is -0.144. The van der Waals surface area contributed by atoms with Gasteiger partial charge in [-0.3, -0.25) is 9.59 Å². The zero-order chi connectivity index (χ0) is 11.4. The van der Waals surface area contributed by atoms with Crippen molar-refractivity contribution in [1.29, 1.82) is 0 Å². The fraction of sp³-hybridized carbons (Fsp3) is 0.800. The van der Waals surface area contributed by atoms with Crippen LogP contribution in [0.1, 0.15) is 26.2 Å². The minimum absolute atomic E-state index is 0.0299. The van der Waals surface area contributed by atoms with E-state index in [2.05, 4.69) is 0 Å². The summed E-state index contributed by atoms with van der Waals surface area (Å²) in [4.78, 5) is 24.0. The predicted molar refractivity (Wildman–Crippen MR) is 53.5 cm³/mol. The minimum Gasteiger partial charge on any atom is -0.481 e. The van der Waals surface area contributed by atoms with E-state index in [0.29, 0.717) is 6.54 Å². The molecule has 1 saturated heterocycles. The molecule has 0 spiro atoms. The summed E-state index contributed by atoms with van der Waals surface area (Å²) in [7, 11) is 1.48. The molecule has 1 rings (SSSR count). The first-order chi connectivity index (χ1) is 7.06. The van der Waals surface area contributed by atoms with Gasteiger partial charge in [-0.05, 0) is 19.8 Å². The second-order valence-electron chi connectivity index (χ2n) is 3.80. The number of carbonyl (C=O) groups is 2. The first kappa shape index (κ1) is 12.0. The van der Waals surface area contributed by atoms with Crippen LogP contribution in [0.15, 0.2) is 0 Å². The van der Waals surface area contributed by atoms with E-state index in [9.17, 15) is 9.59 Å². The highest BCUT2D eigenvalue weighted by Gasteiger charge is 2.32. The topological polar surface area (TPSA) is 66.8 Å². The molecule has 86 valence electrons. The van der Waals surface area contributed by atoms with Crippen LogP contribution in [-0.4, -0.2) is 47.7 Å². The molecule has 0 aromatic carbocycles. The number of carboxylic acids is 1. The average Bonchev–Trinajstić information content (AvgIpc) is 2.62. The van der Waals surface area contributed by atoms with Gasteiger partial charge in [0.15, 0.2) is 0 Å². The SMILES string of the molecule is COC(C)C(=O)N1CCCC1CC(=O)O. The minimum atomic E-state index is -0.857. The van der Waals surface area contributed by atoms with E-state index in [1.807, 2.05) is 0 Å². The first-order valence-corrected chi connectivity index (χ1v) is 5.11. The fourth-order valence-electron chi connectivity index (χ4n) is 1.87. The first-order valence-electron chi connectivity index (χ1n) is 5.11. The number of likely N-dealkylation sites (tertiary alicyclic amines) is 1. The second-order valence-corrected chi connectivity index (χ2v) is 3.80. The number of carbonyl (C=O) groups excluding carboxylic acids is 1. The van der Waals surface area contributed by atoms with Gasteiger partial charge in [0.2, 0.25) is 0 Å². The van der Waals surface area contributed by atoms with Crippen LogP contribution in [0.2, 0.25) is 0 Å². The Balaban J connectivity index is 2.59. The highest BCUT2D eigenvalue weighted by Crippen LogP contribution is 2.21. The molecule has 0 aromatic rings. The van der Waals surface area contributed by atoms with Crippen molar-refractivity contribution in [2.75, 3.05) is 13.7 Å². The smallest absolute Gasteiger partial charge is 0.305 e. The molecule has 2 unspecified atom stereocenters. The maximum Gasteiger partial charge on any atom is 0.305 e. The molecule has 1 N–H and O–H groups in total. The predicted octanol–water partition coefficient (Wildman–Crippen LogP) is 0.487. The van der Waals surface area contributed by atoms with Crippen LogP contribution in [0, 0.1) is 0 Å². The number of amides is 1. The van der Waals surface area contributed by atoms with Gasteiger partial charge in [0.05, 0.1) is 6.42 Å². The van der Waals surface area contributed by atoms with Gasteiger partial charge in [0.25, 0.3) is 5.91 Å². The third-order valence-corrected chi connectivity index (χ3v) is 2.77. The maximum absolute atomic E-state index is 11.8. The molecule has 0 aliphatic carbocycles. The molecule has 0 aromatic heterocycles. The van der Waals surface area contributed by atoms with Crippen molar-refractivity contribution in [1.82, 2.24) is 4.90 Å². The molecule has 1 amide bonds. The second kappa shape index (κ2) is 5.11. The van der Waals surface area contributed by atoms with Crippen molar-refractivity contribution in [3.05, 3.63) is 0 Å². The molecule has 1 heterocycles. The molecule has 1 aliphatic rings. The highest BCUT2D eigenvalue weighted by atomic mass is 16.5. The van der Waals surface area contributed by atoms with Crippen LogP contribution in [0.4, 0.5) is 0 Å². The van der Waals surface area contributed by atoms with Gasteiger partial charge in [0.1, 0.15) is 6.10 Å². The Hall–Kier alpha value is -1.10. The van der Waals surface area contributed by atoms with E-state index >= 15 is 0 Å². The number of aliphatic carboxylic acids is 1. The molecule has 0 radical (unpaired) electrons. The molecule has 5 nitrogen and oxygen atoms in total. The zero-order valence-electron chi connectivity index (χ0n) is 9.10. The molecular weight excluding hydrogens is 198 g/mol. The number of carboxylic acid groups (broad SMARTS) is 1. The van der Waals surface area contributed by atoms with E-state index in [0.717, 1.165) is 12.8 Å². The van der Waals surface area contributed by atoms with Crippen LogP contribution >= 0.6 is 0 Å². The van der Waals surface area contributed by atoms with Gasteiger partial charge < -0.3 is 14.7 Å². The molecule has 1 fully saturated rings. The van der Waals surface area contributed by atoms with Gasteiger partial charge in [-0.25, -0.2) is 0 Å². The summed E-state index contributed by atoms with van der Waals surface area (Å²) >= 11 is 0. The summed E-state index contributed by atoms with van der Waals surface area (Å²) in [6.45, 7) is 2.32. The number of nitrogens with zero attached hydrogens (tertiary/aromatic N) is 1. The Morgan fingerprint density at radius 1 is 1.60 bits per heavy atom. The van der Waals surface area contributed by atoms with Crippen molar-refractivity contribution in [3.8, 4) is 0 Å². The quantitative estimate of drug-likeness (QED) is 0.741.